The van der Waals surface area contributed by atoms with Crippen LogP contribution in [0.1, 0.15) is 67.2 Å². The molecule has 9 nitrogen and oxygen atoms in total. The Balaban J connectivity index is 4.51. The van der Waals surface area contributed by atoms with Crippen molar-refractivity contribution in [1.29, 1.82) is 0 Å². The second-order valence-electron chi connectivity index (χ2n) is 10.1. The topological polar surface area (TPSA) is 160 Å². The van der Waals surface area contributed by atoms with Crippen LogP contribution in [0, 0.1) is 11.3 Å². The van der Waals surface area contributed by atoms with E-state index in [2.05, 4.69) is 26.1 Å². The lowest BCUT2D eigenvalue weighted by atomic mass is 9.82. The van der Waals surface area contributed by atoms with Gasteiger partial charge in [-0.25, -0.2) is 0 Å². The molecule has 0 aliphatic rings. The molecule has 30 heavy (non-hydrogen) atoms. The normalized spacial score (nSPS) is 18.9. The van der Waals surface area contributed by atoms with E-state index in [4.69, 9.17) is 9.84 Å². The molecule has 0 aromatic carbocycles. The van der Waals surface area contributed by atoms with Crippen molar-refractivity contribution in [2.24, 2.45) is 11.3 Å². The molecular formula is C21H43NO8. The van der Waals surface area contributed by atoms with Crippen LogP contribution in [-0.4, -0.2) is 86.0 Å². The van der Waals surface area contributed by atoms with E-state index in [1.165, 1.54) is 0 Å². The van der Waals surface area contributed by atoms with Gasteiger partial charge in [0, 0.05) is 0 Å². The first-order valence-electron chi connectivity index (χ1n) is 10.6. The van der Waals surface area contributed by atoms with Crippen molar-refractivity contribution in [2.45, 2.75) is 103 Å². The molecule has 0 aromatic heterocycles. The molecule has 0 rings (SSSR count). The summed E-state index contributed by atoms with van der Waals surface area (Å²) < 4.78 is 5.53. The van der Waals surface area contributed by atoms with E-state index >= 15 is 0 Å². The van der Waals surface area contributed by atoms with Gasteiger partial charge in [0.25, 0.3) is 0 Å². The highest BCUT2D eigenvalue weighted by atomic mass is 16.6. The zero-order valence-electron chi connectivity index (χ0n) is 19.2. The predicted molar refractivity (Wildman–Crippen MR) is 112 cm³/mol. The van der Waals surface area contributed by atoms with Crippen LogP contribution in [0.4, 0.5) is 0 Å². The number of hydrogen-bond donors (Lipinski definition) is 7. The number of nitrogens with one attached hydrogen (secondary N) is 1. The summed E-state index contributed by atoms with van der Waals surface area (Å²) in [6, 6.07) is 0. The summed E-state index contributed by atoms with van der Waals surface area (Å²) in [7, 11) is 0. The zero-order chi connectivity index (χ0) is 23.7. The first-order valence-corrected chi connectivity index (χ1v) is 10.6. The van der Waals surface area contributed by atoms with Gasteiger partial charge in [-0.3, -0.25) is 10.1 Å². The summed E-state index contributed by atoms with van der Waals surface area (Å²) in [6.45, 7) is 11.2. The molecule has 0 bridgehead atoms. The molecule has 0 radical (unpaired) electrons. The molecule has 0 saturated carbocycles. The van der Waals surface area contributed by atoms with Gasteiger partial charge in [-0.15, -0.1) is 0 Å². The molecular weight excluding hydrogens is 394 g/mol. The number of aliphatic hydroxyl groups is 6. The summed E-state index contributed by atoms with van der Waals surface area (Å²) in [5.74, 6) is -0.461. The summed E-state index contributed by atoms with van der Waals surface area (Å²) >= 11 is 0. The average Bonchev–Trinajstić information content (AvgIpc) is 2.61. The van der Waals surface area contributed by atoms with Crippen LogP contribution in [0.3, 0.4) is 0 Å². The maximum absolute atomic E-state index is 12.5. The number of unbranched alkanes of at least 4 members (excludes halogenated alkanes) is 1. The molecule has 180 valence electrons. The molecule has 0 fully saturated rings. The number of carbonyl (C=O) groups is 1. The third-order valence-electron chi connectivity index (χ3n) is 4.54. The molecule has 0 aliphatic heterocycles. The Morgan fingerprint density at radius 2 is 1.47 bits per heavy atom. The monoisotopic (exact) mass is 437 g/mol. The SMILES string of the molecule is CC(C)(C)CC(CCCCNC(O)C(O)C(O)C(O)C(O)CO)C(=O)OC(C)(C)C. The van der Waals surface area contributed by atoms with E-state index in [1.807, 2.05) is 20.8 Å². The van der Waals surface area contributed by atoms with Crippen LogP contribution in [0.5, 0.6) is 0 Å². The minimum absolute atomic E-state index is 0.0315. The maximum atomic E-state index is 12.5. The zero-order valence-corrected chi connectivity index (χ0v) is 19.2. The molecule has 6 atom stereocenters. The summed E-state index contributed by atoms with van der Waals surface area (Å²) in [6.07, 6.45) is -5.95. The number of hydrogen-bond acceptors (Lipinski definition) is 9. The molecule has 7 N–H and O–H groups in total. The van der Waals surface area contributed by atoms with Gasteiger partial charge in [0.1, 0.15) is 36.2 Å². The highest BCUT2D eigenvalue weighted by molar-refractivity contribution is 5.72. The smallest absolute Gasteiger partial charge is 0.309 e. The second kappa shape index (κ2) is 12.9. The van der Waals surface area contributed by atoms with Gasteiger partial charge in [-0.2, -0.15) is 0 Å². The van der Waals surface area contributed by atoms with Gasteiger partial charge in [0.15, 0.2) is 0 Å². The third kappa shape index (κ3) is 12.1. The lowest BCUT2D eigenvalue weighted by Gasteiger charge is -2.29. The van der Waals surface area contributed by atoms with Crippen LogP contribution < -0.4 is 5.32 Å². The second-order valence-corrected chi connectivity index (χ2v) is 10.1. The maximum Gasteiger partial charge on any atom is 0.309 e. The van der Waals surface area contributed by atoms with Crippen LogP contribution in [0.25, 0.3) is 0 Å². The highest BCUT2D eigenvalue weighted by Crippen LogP contribution is 2.29. The Kier molecular flexibility index (Phi) is 12.6. The number of esters is 1. The van der Waals surface area contributed by atoms with Crippen LogP contribution in [0.15, 0.2) is 0 Å². The standard InChI is InChI=1S/C21H43NO8/c1-20(2,3)11-13(19(29)30-21(4,5)6)9-7-8-10-22-18(28)17(27)16(26)15(25)14(24)12-23/h13-18,22-28H,7-12H2,1-6H3. The molecule has 0 amide bonds. The minimum Gasteiger partial charge on any atom is -0.460 e. The van der Waals surface area contributed by atoms with Gasteiger partial charge in [-0.1, -0.05) is 27.2 Å². The van der Waals surface area contributed by atoms with Crippen molar-refractivity contribution in [2.75, 3.05) is 13.2 Å². The van der Waals surface area contributed by atoms with Crippen LogP contribution in [0.2, 0.25) is 0 Å². The van der Waals surface area contributed by atoms with E-state index < -0.39 is 42.9 Å². The summed E-state index contributed by atoms with van der Waals surface area (Å²) in [5, 5.41) is 59.9. The van der Waals surface area contributed by atoms with E-state index in [0.717, 1.165) is 0 Å². The number of ether oxygens (including phenoxy) is 1. The van der Waals surface area contributed by atoms with Gasteiger partial charge >= 0.3 is 5.97 Å². The summed E-state index contributed by atoms with van der Waals surface area (Å²) in [5.41, 5.74) is -0.583. The first kappa shape index (κ1) is 29.2. The van der Waals surface area contributed by atoms with Crippen molar-refractivity contribution in [3.8, 4) is 0 Å². The Bertz CT molecular complexity index is 488. The number of carbonyl (C=O) groups excluding carboxylic acids is 1. The molecule has 6 unspecified atom stereocenters. The van der Waals surface area contributed by atoms with E-state index in [0.29, 0.717) is 32.2 Å². The minimum atomic E-state index is -1.84. The molecule has 9 heteroatoms. The van der Waals surface area contributed by atoms with Gasteiger partial charge in [0.05, 0.1) is 12.5 Å². The number of aliphatic hydroxyl groups excluding tert-OH is 6. The fraction of sp³-hybridized carbons (Fsp3) is 0.952. The first-order chi connectivity index (χ1) is 13.6. The van der Waals surface area contributed by atoms with E-state index in [1.54, 1.807) is 0 Å². The lowest BCUT2D eigenvalue weighted by Crippen LogP contribution is -2.53. The molecule has 0 spiro atoms. The van der Waals surface area contributed by atoms with Crippen molar-refractivity contribution < 1.29 is 40.2 Å². The fourth-order valence-electron chi connectivity index (χ4n) is 3.04. The molecule has 0 saturated heterocycles. The Morgan fingerprint density at radius 3 is 1.93 bits per heavy atom. The molecule has 0 heterocycles. The molecule has 0 aliphatic carbocycles. The third-order valence-corrected chi connectivity index (χ3v) is 4.54. The highest BCUT2D eigenvalue weighted by Gasteiger charge is 2.34. The Labute approximate surface area is 180 Å². The lowest BCUT2D eigenvalue weighted by molar-refractivity contribution is -0.161. The van der Waals surface area contributed by atoms with Crippen molar-refractivity contribution in [3.05, 3.63) is 0 Å². The van der Waals surface area contributed by atoms with Crippen molar-refractivity contribution >= 4 is 5.97 Å². The molecule has 0 aromatic rings. The van der Waals surface area contributed by atoms with E-state index in [-0.39, 0.29) is 17.3 Å². The van der Waals surface area contributed by atoms with Crippen LogP contribution in [-0.2, 0) is 9.53 Å². The van der Waals surface area contributed by atoms with Crippen molar-refractivity contribution in [3.63, 3.8) is 0 Å². The Morgan fingerprint density at radius 1 is 0.900 bits per heavy atom. The van der Waals surface area contributed by atoms with E-state index in [9.17, 15) is 30.3 Å². The Hall–Kier alpha value is -0.810. The predicted octanol–water partition coefficient (Wildman–Crippen LogP) is -0.105. The fourth-order valence-corrected chi connectivity index (χ4v) is 3.04. The van der Waals surface area contributed by atoms with Crippen LogP contribution >= 0.6 is 0 Å². The van der Waals surface area contributed by atoms with Gasteiger partial charge in [-0.05, 0) is 52.0 Å². The number of rotatable bonds is 13. The summed E-state index contributed by atoms with van der Waals surface area (Å²) in [4.78, 5) is 12.5. The largest absolute Gasteiger partial charge is 0.460 e. The van der Waals surface area contributed by atoms with Crippen molar-refractivity contribution in [1.82, 2.24) is 5.32 Å². The quantitative estimate of drug-likeness (QED) is 0.119. The van der Waals surface area contributed by atoms with Gasteiger partial charge in [0.2, 0.25) is 0 Å². The van der Waals surface area contributed by atoms with Gasteiger partial charge < -0.3 is 35.4 Å². The average molecular weight is 438 g/mol.